The second kappa shape index (κ2) is 16.7. The molecule has 2 N–H and O–H groups in total. The first-order valence-corrected chi connectivity index (χ1v) is 20.5. The highest BCUT2D eigenvalue weighted by molar-refractivity contribution is 7.91. The second-order valence-electron chi connectivity index (χ2n) is 13.6. The van der Waals surface area contributed by atoms with Gasteiger partial charge >= 0.3 is 0 Å². The Labute approximate surface area is 315 Å². The Kier molecular flexibility index (Phi) is 12.8. The number of hydrogen-bond acceptors (Lipinski definition) is 8. The van der Waals surface area contributed by atoms with E-state index in [-0.39, 0.29) is 24.8 Å². The highest BCUT2D eigenvalue weighted by atomic mass is 35.5. The van der Waals surface area contributed by atoms with Crippen molar-refractivity contribution in [1.29, 1.82) is 0 Å². The van der Waals surface area contributed by atoms with Crippen molar-refractivity contribution < 1.29 is 16.8 Å². The summed E-state index contributed by atoms with van der Waals surface area (Å²) < 4.78 is 51.5. The summed E-state index contributed by atoms with van der Waals surface area (Å²) >= 11 is 0. The van der Waals surface area contributed by atoms with E-state index in [9.17, 15) is 16.8 Å². The first-order valence-electron chi connectivity index (χ1n) is 17.5. The molecule has 8 nitrogen and oxygen atoms in total. The van der Waals surface area contributed by atoms with Gasteiger partial charge in [0, 0.05) is 36.5 Å². The number of hydrogen-bond donors (Lipinski definition) is 2. The fraction of sp³-hybridized carbons (Fsp3) is 0.385. The number of piperidine rings is 2. The molecule has 0 radical (unpaired) electrons. The summed E-state index contributed by atoms with van der Waals surface area (Å²) in [4.78, 5) is 6.48. The molecule has 0 bridgehead atoms. The molecular formula is C39H48Cl2N4O4S2. The van der Waals surface area contributed by atoms with Crippen molar-refractivity contribution in [2.75, 3.05) is 49.1 Å². The summed E-state index contributed by atoms with van der Waals surface area (Å²) in [6, 6.07) is 28.3. The Balaban J connectivity index is 0.000000190. The third-order valence-electron chi connectivity index (χ3n) is 10.4. The van der Waals surface area contributed by atoms with Crippen LogP contribution in [0.25, 0.3) is 0 Å². The lowest BCUT2D eigenvalue weighted by Gasteiger charge is -2.33. The molecule has 4 aliphatic rings. The van der Waals surface area contributed by atoms with Gasteiger partial charge in [0.25, 0.3) is 0 Å². The molecule has 0 aromatic heterocycles. The monoisotopic (exact) mass is 770 g/mol. The third kappa shape index (κ3) is 8.27. The second-order valence-corrected chi connectivity index (χ2v) is 17.5. The lowest BCUT2D eigenvalue weighted by atomic mass is 10.0. The van der Waals surface area contributed by atoms with Crippen molar-refractivity contribution in [3.05, 3.63) is 108 Å². The van der Waals surface area contributed by atoms with E-state index in [0.717, 1.165) is 94.5 Å². The Bertz CT molecular complexity index is 2020. The Morgan fingerprint density at radius 1 is 0.529 bits per heavy atom. The molecule has 0 atom stereocenters. The van der Waals surface area contributed by atoms with E-state index in [1.54, 1.807) is 54.6 Å². The maximum absolute atomic E-state index is 12.9. The van der Waals surface area contributed by atoms with Gasteiger partial charge in [-0.1, -0.05) is 30.3 Å². The van der Waals surface area contributed by atoms with Gasteiger partial charge in [-0.15, -0.1) is 24.8 Å². The third-order valence-corrected chi connectivity index (χ3v) is 14.0. The first kappa shape index (κ1) is 39.1. The van der Waals surface area contributed by atoms with Crippen LogP contribution in [0.5, 0.6) is 0 Å². The van der Waals surface area contributed by atoms with Crippen LogP contribution in [0, 0.1) is 6.92 Å². The molecule has 0 unspecified atom stereocenters. The highest BCUT2D eigenvalue weighted by Crippen LogP contribution is 2.36. The van der Waals surface area contributed by atoms with Gasteiger partial charge in [0.2, 0.25) is 19.7 Å². The maximum atomic E-state index is 12.9. The number of aryl methyl sites for hydroxylation is 1. The Morgan fingerprint density at radius 2 is 0.961 bits per heavy atom. The number of halogens is 2. The van der Waals surface area contributed by atoms with Crippen LogP contribution in [0.1, 0.15) is 42.4 Å². The molecular weight excluding hydrogens is 723 g/mol. The van der Waals surface area contributed by atoms with Crippen molar-refractivity contribution in [2.24, 2.45) is 0 Å². The average Bonchev–Trinajstić information content (AvgIpc) is 3.77. The van der Waals surface area contributed by atoms with Gasteiger partial charge in [-0.25, -0.2) is 16.8 Å². The summed E-state index contributed by atoms with van der Waals surface area (Å²) in [6.45, 7) is 8.17. The van der Waals surface area contributed by atoms with Gasteiger partial charge in [0.05, 0.1) is 19.6 Å². The molecule has 12 heteroatoms. The van der Waals surface area contributed by atoms with Gasteiger partial charge in [0.1, 0.15) is 0 Å². The molecule has 2 fully saturated rings. The predicted molar refractivity (Wildman–Crippen MR) is 210 cm³/mol. The summed E-state index contributed by atoms with van der Waals surface area (Å²) in [5.74, 6) is 0. The minimum absolute atomic E-state index is 0. The van der Waals surface area contributed by atoms with Crippen LogP contribution in [0.3, 0.4) is 0 Å². The van der Waals surface area contributed by atoms with Gasteiger partial charge in [-0.05, 0) is 149 Å². The Hall–Kier alpha value is -3.12. The molecule has 4 aromatic carbocycles. The van der Waals surface area contributed by atoms with E-state index in [1.165, 1.54) is 11.4 Å². The lowest BCUT2D eigenvalue weighted by Crippen LogP contribution is -2.42. The molecule has 0 aliphatic carbocycles. The standard InChI is InChI=1S/C20H24N2O2S.C19H22N2O2S.2ClH/c1-15-3-2-4-18(13-15)25(23,24)19-5-6-20-16(14-19)9-12-22(20)17-7-10-21-11-8-17;22-24(23,17-4-2-1-3-5-17)18-6-7-19-15(14-18)10-13-21(19)16-8-11-20-12-9-16;;/h2-6,13-14,17,21H,7-12H2,1H3;1-7,14,16,20H,8-13H2;2*1H. The van der Waals surface area contributed by atoms with E-state index in [1.807, 2.05) is 43.3 Å². The molecule has 0 saturated carbocycles. The summed E-state index contributed by atoms with van der Waals surface area (Å²) in [6.07, 6.45) is 6.48. The summed E-state index contributed by atoms with van der Waals surface area (Å²) in [5.41, 5.74) is 5.71. The molecule has 274 valence electrons. The predicted octanol–water partition coefficient (Wildman–Crippen LogP) is 6.42. The topological polar surface area (TPSA) is 98.8 Å². The molecule has 2 saturated heterocycles. The van der Waals surface area contributed by atoms with Gasteiger partial charge in [0.15, 0.2) is 0 Å². The van der Waals surface area contributed by atoms with Crippen LogP contribution in [0.4, 0.5) is 11.4 Å². The molecule has 4 aromatic rings. The number of nitrogens with zero attached hydrogens (tertiary/aromatic N) is 2. The first-order chi connectivity index (χ1) is 23.7. The van der Waals surface area contributed by atoms with E-state index < -0.39 is 19.7 Å². The highest BCUT2D eigenvalue weighted by Gasteiger charge is 2.30. The number of nitrogens with one attached hydrogen (secondary N) is 2. The van der Waals surface area contributed by atoms with Crippen molar-refractivity contribution >= 4 is 55.9 Å². The largest absolute Gasteiger partial charge is 0.368 e. The minimum Gasteiger partial charge on any atom is -0.368 e. The molecule has 0 amide bonds. The zero-order chi connectivity index (χ0) is 34.0. The lowest BCUT2D eigenvalue weighted by molar-refractivity contribution is 0.435. The average molecular weight is 772 g/mol. The summed E-state index contributed by atoms with van der Waals surface area (Å²) in [7, 11) is -6.89. The maximum Gasteiger partial charge on any atom is 0.206 e. The fourth-order valence-corrected chi connectivity index (χ4v) is 10.5. The van der Waals surface area contributed by atoms with Crippen LogP contribution in [-0.4, -0.2) is 68.2 Å². The molecule has 8 rings (SSSR count). The van der Waals surface area contributed by atoms with Gasteiger partial charge in [-0.3, -0.25) is 0 Å². The van der Waals surface area contributed by atoms with Crippen LogP contribution >= 0.6 is 24.8 Å². The molecule has 4 aliphatic heterocycles. The smallest absolute Gasteiger partial charge is 0.206 e. The number of sulfone groups is 2. The SMILES string of the molecule is Cc1cccc(S(=O)(=O)c2ccc3c(c2)CCN3C2CCNCC2)c1.Cl.Cl.O=S(=O)(c1ccccc1)c1ccc2c(c1)CCN2C1CCNCC1. The van der Waals surface area contributed by atoms with Crippen LogP contribution in [0.2, 0.25) is 0 Å². The molecule has 0 spiro atoms. The number of fused-ring (bicyclic) bond motifs is 2. The zero-order valence-electron chi connectivity index (χ0n) is 29.0. The fourth-order valence-electron chi connectivity index (χ4n) is 7.79. The van der Waals surface area contributed by atoms with Crippen molar-refractivity contribution in [1.82, 2.24) is 10.6 Å². The zero-order valence-corrected chi connectivity index (χ0v) is 32.2. The number of rotatable bonds is 6. The van der Waals surface area contributed by atoms with Crippen LogP contribution in [-0.2, 0) is 32.5 Å². The Morgan fingerprint density at radius 3 is 1.43 bits per heavy atom. The number of anilines is 2. The van der Waals surface area contributed by atoms with E-state index in [4.69, 9.17) is 0 Å². The van der Waals surface area contributed by atoms with Gasteiger partial charge < -0.3 is 20.4 Å². The van der Waals surface area contributed by atoms with Crippen molar-refractivity contribution in [3.63, 3.8) is 0 Å². The van der Waals surface area contributed by atoms with E-state index in [2.05, 4.69) is 20.4 Å². The normalized spacial score (nSPS) is 17.7. The van der Waals surface area contributed by atoms with Gasteiger partial charge in [-0.2, -0.15) is 0 Å². The quantitative estimate of drug-likeness (QED) is 0.232. The molecule has 4 heterocycles. The van der Waals surface area contributed by atoms with Crippen LogP contribution in [0.15, 0.2) is 111 Å². The van der Waals surface area contributed by atoms with E-state index in [0.29, 0.717) is 31.7 Å². The van der Waals surface area contributed by atoms with E-state index >= 15 is 0 Å². The minimum atomic E-state index is -3.45. The van der Waals surface area contributed by atoms with Crippen molar-refractivity contribution in [2.45, 2.75) is 77.1 Å². The number of benzene rings is 4. The van der Waals surface area contributed by atoms with Crippen LogP contribution < -0.4 is 20.4 Å². The summed E-state index contributed by atoms with van der Waals surface area (Å²) in [5, 5.41) is 6.81. The van der Waals surface area contributed by atoms with Crippen molar-refractivity contribution in [3.8, 4) is 0 Å². The molecule has 51 heavy (non-hydrogen) atoms.